The van der Waals surface area contributed by atoms with Crippen LogP contribution in [-0.2, 0) is 4.79 Å². The topological polar surface area (TPSA) is 90.2 Å². The molecule has 1 aliphatic heterocycles. The van der Waals surface area contributed by atoms with Crippen LogP contribution in [0, 0.1) is 11.8 Å². The zero-order valence-electron chi connectivity index (χ0n) is 18.6. The summed E-state index contributed by atoms with van der Waals surface area (Å²) in [5.74, 6) is 1.11. The average molecular weight is 431 g/mol. The number of benzene rings is 1. The Morgan fingerprint density at radius 3 is 2.32 bits per heavy atom. The number of carbonyl (C=O) groups excluding carboxylic acids is 2. The lowest BCUT2D eigenvalue weighted by Crippen LogP contribution is -2.37. The average Bonchev–Trinajstić information content (AvgIpc) is 3.46. The van der Waals surface area contributed by atoms with Crippen LogP contribution in [0.2, 0.25) is 0 Å². The Bertz CT molecular complexity index is 884. The first kappa shape index (κ1) is 22.5. The molecule has 1 N–H and O–H groups in total. The van der Waals surface area contributed by atoms with Gasteiger partial charge in [0.15, 0.2) is 17.3 Å². The van der Waals surface area contributed by atoms with Crippen molar-refractivity contribution in [3.05, 3.63) is 41.9 Å². The fourth-order valence-corrected chi connectivity index (χ4v) is 3.88. The third-order valence-corrected chi connectivity index (χ3v) is 5.48. The number of rotatable bonds is 8. The molecule has 8 heteroatoms. The molecule has 1 fully saturated rings. The number of amides is 2. The highest BCUT2D eigenvalue weighted by Gasteiger charge is 2.41. The molecule has 3 rings (SSSR count). The fraction of sp³-hybridized carbons (Fsp3) is 0.478. The van der Waals surface area contributed by atoms with Gasteiger partial charge in [-0.05, 0) is 35.7 Å². The summed E-state index contributed by atoms with van der Waals surface area (Å²) < 4.78 is 21.7. The van der Waals surface area contributed by atoms with Crippen molar-refractivity contribution in [1.82, 2.24) is 10.2 Å². The van der Waals surface area contributed by atoms with Crippen LogP contribution in [-0.4, -0.2) is 57.7 Å². The number of ether oxygens (including phenoxy) is 3. The van der Waals surface area contributed by atoms with Crippen molar-refractivity contribution < 1.29 is 28.2 Å². The van der Waals surface area contributed by atoms with Crippen LogP contribution in [0.5, 0.6) is 17.2 Å². The van der Waals surface area contributed by atoms with E-state index in [1.54, 1.807) is 38.4 Å². The van der Waals surface area contributed by atoms with Crippen molar-refractivity contribution in [2.75, 3.05) is 41.0 Å². The molecule has 31 heavy (non-hydrogen) atoms. The van der Waals surface area contributed by atoms with Crippen molar-refractivity contribution in [2.45, 2.75) is 19.8 Å². The number of nitrogens with one attached hydrogen (secondary N) is 1. The fourth-order valence-electron chi connectivity index (χ4n) is 3.88. The number of hydrogen-bond donors (Lipinski definition) is 1. The second-order valence-electron chi connectivity index (χ2n) is 8.00. The van der Waals surface area contributed by atoms with Crippen LogP contribution >= 0.6 is 0 Å². The second kappa shape index (κ2) is 9.76. The summed E-state index contributed by atoms with van der Waals surface area (Å²) in [7, 11) is 4.64. The molecule has 1 aromatic heterocycles. The van der Waals surface area contributed by atoms with Crippen molar-refractivity contribution in [3.8, 4) is 17.2 Å². The maximum Gasteiger partial charge on any atom is 0.289 e. The van der Waals surface area contributed by atoms with Crippen molar-refractivity contribution in [2.24, 2.45) is 11.8 Å². The molecule has 1 aromatic carbocycles. The number of furan rings is 1. The van der Waals surface area contributed by atoms with Crippen molar-refractivity contribution >= 4 is 11.8 Å². The van der Waals surface area contributed by atoms with Gasteiger partial charge in [0.25, 0.3) is 5.91 Å². The number of methoxy groups -OCH3 is 3. The van der Waals surface area contributed by atoms with E-state index in [-0.39, 0.29) is 23.5 Å². The SMILES string of the molecule is COc1cc([C@H]2CN(C(=O)c3ccco3)C[C@@H]2C(=O)NCC(C)C)cc(OC)c1OC. The lowest BCUT2D eigenvalue weighted by molar-refractivity contribution is -0.125. The quantitative estimate of drug-likeness (QED) is 0.693. The maximum atomic E-state index is 13.1. The Kier molecular flexibility index (Phi) is 7.09. The molecule has 0 saturated carbocycles. The van der Waals surface area contributed by atoms with Gasteiger partial charge in [0, 0.05) is 25.6 Å². The Morgan fingerprint density at radius 1 is 1.13 bits per heavy atom. The molecule has 168 valence electrons. The number of carbonyl (C=O) groups is 2. The largest absolute Gasteiger partial charge is 0.493 e. The van der Waals surface area contributed by atoms with Crippen LogP contribution in [0.1, 0.15) is 35.9 Å². The third kappa shape index (κ3) is 4.78. The van der Waals surface area contributed by atoms with Gasteiger partial charge in [-0.3, -0.25) is 9.59 Å². The zero-order valence-corrected chi connectivity index (χ0v) is 18.6. The van der Waals surface area contributed by atoms with Gasteiger partial charge in [0.1, 0.15) is 0 Å². The molecule has 2 atom stereocenters. The molecule has 1 saturated heterocycles. The van der Waals surface area contributed by atoms with E-state index in [1.807, 2.05) is 26.0 Å². The molecule has 0 spiro atoms. The van der Waals surface area contributed by atoms with Crippen LogP contribution < -0.4 is 19.5 Å². The summed E-state index contributed by atoms with van der Waals surface area (Å²) in [4.78, 5) is 27.6. The molecule has 2 aromatic rings. The highest BCUT2D eigenvalue weighted by atomic mass is 16.5. The van der Waals surface area contributed by atoms with E-state index in [0.29, 0.717) is 42.8 Å². The van der Waals surface area contributed by atoms with E-state index in [0.717, 1.165) is 5.56 Å². The van der Waals surface area contributed by atoms with Crippen LogP contribution in [0.3, 0.4) is 0 Å². The summed E-state index contributed by atoms with van der Waals surface area (Å²) >= 11 is 0. The smallest absolute Gasteiger partial charge is 0.289 e. The maximum absolute atomic E-state index is 13.1. The first-order valence-corrected chi connectivity index (χ1v) is 10.3. The van der Waals surface area contributed by atoms with E-state index >= 15 is 0 Å². The predicted molar refractivity (Wildman–Crippen MR) is 115 cm³/mol. The summed E-state index contributed by atoms with van der Waals surface area (Å²) in [6, 6.07) is 6.99. The molecule has 0 aliphatic carbocycles. The van der Waals surface area contributed by atoms with Crippen molar-refractivity contribution in [3.63, 3.8) is 0 Å². The summed E-state index contributed by atoms with van der Waals surface area (Å²) in [5, 5.41) is 3.01. The second-order valence-corrected chi connectivity index (χ2v) is 8.00. The Balaban J connectivity index is 1.96. The first-order chi connectivity index (χ1) is 14.9. The molecule has 8 nitrogen and oxygen atoms in total. The number of hydrogen-bond acceptors (Lipinski definition) is 6. The summed E-state index contributed by atoms with van der Waals surface area (Å²) in [6.45, 7) is 5.32. The van der Waals surface area contributed by atoms with Gasteiger partial charge in [-0.2, -0.15) is 0 Å². The van der Waals surface area contributed by atoms with Crippen LogP contribution in [0.4, 0.5) is 0 Å². The predicted octanol–water partition coefficient (Wildman–Crippen LogP) is 2.93. The summed E-state index contributed by atoms with van der Waals surface area (Å²) in [5.41, 5.74) is 0.842. The normalized spacial score (nSPS) is 18.2. The minimum Gasteiger partial charge on any atom is -0.493 e. The van der Waals surface area contributed by atoms with Gasteiger partial charge in [-0.15, -0.1) is 0 Å². The van der Waals surface area contributed by atoms with Crippen molar-refractivity contribution in [1.29, 1.82) is 0 Å². The van der Waals surface area contributed by atoms with Gasteiger partial charge in [-0.25, -0.2) is 0 Å². The van der Waals surface area contributed by atoms with Gasteiger partial charge < -0.3 is 28.8 Å². The van der Waals surface area contributed by atoms with E-state index in [2.05, 4.69) is 5.32 Å². The molecular formula is C23H30N2O6. The lowest BCUT2D eigenvalue weighted by atomic mass is 9.87. The van der Waals surface area contributed by atoms with E-state index in [9.17, 15) is 9.59 Å². The highest BCUT2D eigenvalue weighted by molar-refractivity contribution is 5.92. The monoisotopic (exact) mass is 430 g/mol. The van der Waals surface area contributed by atoms with Gasteiger partial charge in [0.2, 0.25) is 11.7 Å². The van der Waals surface area contributed by atoms with Crippen LogP contribution in [0.25, 0.3) is 0 Å². The molecule has 0 bridgehead atoms. The molecule has 2 heterocycles. The number of likely N-dealkylation sites (tertiary alicyclic amines) is 1. The molecule has 0 radical (unpaired) electrons. The highest BCUT2D eigenvalue weighted by Crippen LogP contribution is 2.43. The molecule has 1 aliphatic rings. The Labute approximate surface area is 182 Å². The molecule has 2 amide bonds. The Hall–Kier alpha value is -3.16. The standard InChI is InChI=1S/C23H30N2O6/c1-14(2)11-24-22(26)17-13-25(23(27)18-7-6-8-31-18)12-16(17)15-9-19(28-3)21(30-5)20(10-15)29-4/h6-10,14,16-17H,11-13H2,1-5H3,(H,24,26)/t16-,17+/m1/s1. The lowest BCUT2D eigenvalue weighted by Gasteiger charge is -2.21. The Morgan fingerprint density at radius 2 is 1.81 bits per heavy atom. The van der Waals surface area contributed by atoms with E-state index in [4.69, 9.17) is 18.6 Å². The first-order valence-electron chi connectivity index (χ1n) is 10.3. The van der Waals surface area contributed by atoms with E-state index in [1.165, 1.54) is 6.26 Å². The van der Waals surface area contributed by atoms with Crippen LogP contribution in [0.15, 0.2) is 34.9 Å². The van der Waals surface area contributed by atoms with E-state index < -0.39 is 5.92 Å². The molecular weight excluding hydrogens is 400 g/mol. The van der Waals surface area contributed by atoms with Gasteiger partial charge >= 0.3 is 0 Å². The number of nitrogens with zero attached hydrogens (tertiary/aromatic N) is 1. The van der Waals surface area contributed by atoms with Gasteiger partial charge in [0.05, 0.1) is 33.5 Å². The zero-order chi connectivity index (χ0) is 22.5. The summed E-state index contributed by atoms with van der Waals surface area (Å²) in [6.07, 6.45) is 1.47. The minimum absolute atomic E-state index is 0.0813. The minimum atomic E-state index is -0.416. The third-order valence-electron chi connectivity index (χ3n) is 5.48. The molecule has 0 unspecified atom stereocenters. The van der Waals surface area contributed by atoms with Gasteiger partial charge in [-0.1, -0.05) is 13.8 Å².